The Balaban J connectivity index is 0. The van der Waals surface area contributed by atoms with Crippen LogP contribution in [0.25, 0.3) is 0 Å². The SMILES string of the molecule is O=S([O-])[O-].[Hg+2]. The minimum atomic E-state index is -3.11. The minimum absolute atomic E-state index is 0. The molecule has 0 spiro atoms. The van der Waals surface area contributed by atoms with Crippen LogP contribution in [0.1, 0.15) is 0 Å². The first-order valence-electron chi connectivity index (χ1n) is 0.500. The summed E-state index contributed by atoms with van der Waals surface area (Å²) in [5.41, 5.74) is 0. The van der Waals surface area contributed by atoms with Crippen LogP contribution in [0.15, 0.2) is 0 Å². The van der Waals surface area contributed by atoms with E-state index in [1.165, 1.54) is 0 Å². The molecule has 0 aliphatic carbocycles. The van der Waals surface area contributed by atoms with E-state index >= 15 is 0 Å². The molecule has 0 fully saturated rings. The van der Waals surface area contributed by atoms with Crippen molar-refractivity contribution in [3.63, 3.8) is 0 Å². The molecule has 0 atom stereocenters. The molecular weight excluding hydrogens is 281 g/mol. The molecule has 0 aromatic carbocycles. The Bertz CT molecular complexity index is 29.9. The second-order valence-corrected chi connectivity index (χ2v) is 0.612. The molecule has 0 bridgehead atoms. The predicted molar refractivity (Wildman–Crippen MR) is 9.70 cm³/mol. The smallest absolute Gasteiger partial charge is 0.784 e. The van der Waals surface area contributed by atoms with Crippen molar-refractivity contribution < 1.29 is 41.0 Å². The van der Waals surface area contributed by atoms with Gasteiger partial charge < -0.3 is 9.11 Å². The summed E-state index contributed by atoms with van der Waals surface area (Å²) in [7, 11) is 0. The quantitative estimate of drug-likeness (QED) is 0.422. The van der Waals surface area contributed by atoms with Crippen LogP contribution in [-0.4, -0.2) is 13.3 Å². The molecule has 5 heteroatoms. The van der Waals surface area contributed by atoms with Gasteiger partial charge in [0.05, 0.1) is 0 Å². The van der Waals surface area contributed by atoms with E-state index in [0.717, 1.165) is 0 Å². The Kier molecular flexibility index (Phi) is 9.39. The third-order valence-corrected chi connectivity index (χ3v) is 0. The van der Waals surface area contributed by atoms with Gasteiger partial charge in [0.15, 0.2) is 0 Å². The van der Waals surface area contributed by atoms with Gasteiger partial charge in [0, 0.05) is 0 Å². The maximum atomic E-state index is 8.44. The molecule has 0 aliphatic rings. The summed E-state index contributed by atoms with van der Waals surface area (Å²) in [4.78, 5) is 0. The largest absolute Gasteiger partial charge is 2.00 e. The maximum absolute atomic E-state index is 8.44. The molecule has 0 aliphatic heterocycles. The van der Waals surface area contributed by atoms with Gasteiger partial charge in [-0.1, -0.05) is 0 Å². The predicted octanol–water partition coefficient (Wildman–Crippen LogP) is -1.01. The monoisotopic (exact) mass is 282 g/mol. The van der Waals surface area contributed by atoms with Crippen LogP contribution >= 0.6 is 0 Å². The number of hydrogen-bond donors (Lipinski definition) is 0. The van der Waals surface area contributed by atoms with Crippen molar-refractivity contribution in [2.24, 2.45) is 0 Å². The summed E-state index contributed by atoms with van der Waals surface area (Å²) in [6, 6.07) is 0. The van der Waals surface area contributed by atoms with Crippen molar-refractivity contribution >= 4 is 11.4 Å². The van der Waals surface area contributed by atoms with E-state index < -0.39 is 11.4 Å². The molecule has 0 saturated heterocycles. The van der Waals surface area contributed by atoms with Gasteiger partial charge in [0.25, 0.3) is 0 Å². The second-order valence-electron chi connectivity index (χ2n) is 0.204. The third-order valence-electron chi connectivity index (χ3n) is 0. The van der Waals surface area contributed by atoms with Crippen molar-refractivity contribution in [1.29, 1.82) is 0 Å². The average Bonchev–Trinajstić information content (AvgIpc) is 0.811. The molecule has 0 N–H and O–H groups in total. The Labute approximate surface area is 52.4 Å². The van der Waals surface area contributed by atoms with Gasteiger partial charge in [-0.2, -0.15) is 0 Å². The van der Waals surface area contributed by atoms with Gasteiger partial charge in [0.2, 0.25) is 0 Å². The van der Waals surface area contributed by atoms with Crippen LogP contribution in [0.2, 0.25) is 0 Å². The first kappa shape index (κ1) is 9.38. The zero-order valence-electron chi connectivity index (χ0n) is 2.34. The Morgan fingerprint density at radius 2 is 1.40 bits per heavy atom. The number of hydrogen-bond acceptors (Lipinski definition) is 3. The van der Waals surface area contributed by atoms with E-state index in [9.17, 15) is 0 Å². The van der Waals surface area contributed by atoms with Crippen LogP contribution in [-0.2, 0) is 39.0 Å². The van der Waals surface area contributed by atoms with Gasteiger partial charge in [-0.3, -0.25) is 4.21 Å². The molecule has 3 nitrogen and oxygen atoms in total. The fourth-order valence-electron chi connectivity index (χ4n) is 0. The van der Waals surface area contributed by atoms with Crippen molar-refractivity contribution in [3.8, 4) is 0 Å². The molecule has 26 valence electrons. The fourth-order valence-corrected chi connectivity index (χ4v) is 0. The molecule has 0 aromatic rings. The van der Waals surface area contributed by atoms with E-state index in [1.54, 1.807) is 0 Å². The summed E-state index contributed by atoms with van der Waals surface area (Å²) in [5, 5.41) is 0. The third kappa shape index (κ3) is 44.7. The zero-order chi connectivity index (χ0) is 3.58. The molecular formula is HgO3S. The van der Waals surface area contributed by atoms with Crippen molar-refractivity contribution in [2.75, 3.05) is 0 Å². The Morgan fingerprint density at radius 1 is 1.40 bits per heavy atom. The van der Waals surface area contributed by atoms with Crippen molar-refractivity contribution in [1.82, 2.24) is 0 Å². The Hall–Kier alpha value is 1.01. The van der Waals surface area contributed by atoms with E-state index in [2.05, 4.69) is 0 Å². The van der Waals surface area contributed by atoms with Gasteiger partial charge in [-0.05, 0) is 0 Å². The fraction of sp³-hybridized carbons (Fsp3) is 0. The molecule has 5 heavy (non-hydrogen) atoms. The summed E-state index contributed by atoms with van der Waals surface area (Å²) >= 11 is -3.11. The van der Waals surface area contributed by atoms with Gasteiger partial charge in [-0.15, -0.1) is 11.4 Å². The van der Waals surface area contributed by atoms with E-state index in [-0.39, 0.29) is 27.7 Å². The Morgan fingerprint density at radius 3 is 1.40 bits per heavy atom. The normalized spacial score (nSPS) is 7.00. The van der Waals surface area contributed by atoms with Gasteiger partial charge in [-0.25, -0.2) is 0 Å². The van der Waals surface area contributed by atoms with E-state index in [1.807, 2.05) is 0 Å². The molecule has 0 rings (SSSR count). The number of rotatable bonds is 0. The molecule has 0 amide bonds. The van der Waals surface area contributed by atoms with Crippen LogP contribution in [0.5, 0.6) is 0 Å². The first-order chi connectivity index (χ1) is 1.73. The minimum Gasteiger partial charge on any atom is -0.784 e. The molecule has 0 radical (unpaired) electrons. The molecule has 0 unspecified atom stereocenters. The van der Waals surface area contributed by atoms with Gasteiger partial charge >= 0.3 is 27.7 Å². The van der Waals surface area contributed by atoms with Crippen LogP contribution in [0.3, 0.4) is 0 Å². The first-order valence-corrected chi connectivity index (χ1v) is 1.50. The molecule has 0 aromatic heterocycles. The zero-order valence-corrected chi connectivity index (χ0v) is 8.65. The summed E-state index contributed by atoms with van der Waals surface area (Å²) in [6.45, 7) is 0. The summed E-state index contributed by atoms with van der Waals surface area (Å²) < 4.78 is 25.3. The maximum Gasteiger partial charge on any atom is 2.00 e. The molecule has 0 saturated carbocycles. The molecule has 0 heterocycles. The average molecular weight is 281 g/mol. The second kappa shape index (κ2) is 5.01. The van der Waals surface area contributed by atoms with Crippen LogP contribution in [0.4, 0.5) is 0 Å². The summed E-state index contributed by atoms with van der Waals surface area (Å²) in [5.74, 6) is 0. The standard InChI is InChI=1S/Hg.H2O3S/c;1-4(2)3/h;(H2,1,2,3)/q+2;/p-2. The van der Waals surface area contributed by atoms with E-state index in [4.69, 9.17) is 13.3 Å². The topological polar surface area (TPSA) is 63.2 Å². The van der Waals surface area contributed by atoms with Crippen LogP contribution < -0.4 is 0 Å². The van der Waals surface area contributed by atoms with Crippen LogP contribution in [0, 0.1) is 0 Å². The van der Waals surface area contributed by atoms with Crippen molar-refractivity contribution in [2.45, 2.75) is 0 Å². The van der Waals surface area contributed by atoms with E-state index in [0.29, 0.717) is 0 Å². The summed E-state index contributed by atoms with van der Waals surface area (Å²) in [6.07, 6.45) is 0. The van der Waals surface area contributed by atoms with Crippen molar-refractivity contribution in [3.05, 3.63) is 0 Å². The van der Waals surface area contributed by atoms with Gasteiger partial charge in [0.1, 0.15) is 0 Å².